The molecular weight excluding hydrogens is 172 g/mol. The van der Waals surface area contributed by atoms with Crippen molar-refractivity contribution in [3.05, 3.63) is 0 Å². The highest BCUT2D eigenvalue weighted by molar-refractivity contribution is 4.72. The van der Waals surface area contributed by atoms with E-state index < -0.39 is 6.10 Å². The molecule has 1 rings (SSSR count). The van der Waals surface area contributed by atoms with E-state index in [1.54, 1.807) is 0 Å². The highest BCUT2D eigenvalue weighted by Crippen LogP contribution is 2.20. The fraction of sp³-hybridized carbons (Fsp3) is 1.00. The van der Waals surface area contributed by atoms with E-state index in [4.69, 9.17) is 14.6 Å². The van der Waals surface area contributed by atoms with Crippen molar-refractivity contribution in [1.82, 2.24) is 0 Å². The normalized spacial score (nSPS) is 34.8. The van der Waals surface area contributed by atoms with Crippen molar-refractivity contribution in [1.29, 1.82) is 0 Å². The quantitative estimate of drug-likeness (QED) is 0.668. The van der Waals surface area contributed by atoms with Crippen molar-refractivity contribution in [2.75, 3.05) is 13.2 Å². The maximum Gasteiger partial charge on any atom is 0.160 e. The molecule has 0 aromatic rings. The second-order valence-electron chi connectivity index (χ2n) is 3.37. The molecule has 0 saturated carbocycles. The van der Waals surface area contributed by atoms with Gasteiger partial charge in [-0.2, -0.15) is 0 Å². The SMILES string of the molecule is CCCOC1CC(O)CC(CO)O1. The van der Waals surface area contributed by atoms with Gasteiger partial charge in [0.2, 0.25) is 0 Å². The van der Waals surface area contributed by atoms with E-state index in [0.29, 0.717) is 19.4 Å². The molecule has 0 aromatic heterocycles. The van der Waals surface area contributed by atoms with Gasteiger partial charge in [-0.3, -0.25) is 0 Å². The Morgan fingerprint density at radius 2 is 2.23 bits per heavy atom. The summed E-state index contributed by atoms with van der Waals surface area (Å²) in [6.45, 7) is 2.60. The highest BCUT2D eigenvalue weighted by Gasteiger charge is 2.28. The molecule has 0 aliphatic carbocycles. The van der Waals surface area contributed by atoms with E-state index >= 15 is 0 Å². The molecule has 4 heteroatoms. The molecule has 0 spiro atoms. The predicted octanol–water partition coefficient (Wildman–Crippen LogP) is 0.271. The second kappa shape index (κ2) is 5.54. The average Bonchev–Trinajstić information content (AvgIpc) is 2.14. The summed E-state index contributed by atoms with van der Waals surface area (Å²) in [5.74, 6) is 0. The minimum absolute atomic E-state index is 0.0525. The van der Waals surface area contributed by atoms with Gasteiger partial charge < -0.3 is 19.7 Å². The first-order chi connectivity index (χ1) is 6.26. The van der Waals surface area contributed by atoms with Crippen LogP contribution in [0.5, 0.6) is 0 Å². The zero-order valence-electron chi connectivity index (χ0n) is 7.98. The molecular formula is C9H18O4. The van der Waals surface area contributed by atoms with Crippen molar-refractivity contribution in [3.8, 4) is 0 Å². The molecule has 3 unspecified atom stereocenters. The van der Waals surface area contributed by atoms with Crippen LogP contribution in [0.25, 0.3) is 0 Å². The van der Waals surface area contributed by atoms with E-state index in [1.165, 1.54) is 0 Å². The Bertz CT molecular complexity index is 140. The van der Waals surface area contributed by atoms with Gasteiger partial charge in [0.1, 0.15) is 0 Å². The summed E-state index contributed by atoms with van der Waals surface area (Å²) < 4.78 is 10.7. The Balaban J connectivity index is 2.29. The molecule has 0 radical (unpaired) electrons. The van der Waals surface area contributed by atoms with Gasteiger partial charge in [0.25, 0.3) is 0 Å². The number of ether oxygens (including phenoxy) is 2. The summed E-state index contributed by atoms with van der Waals surface area (Å²) >= 11 is 0. The molecule has 4 nitrogen and oxygen atoms in total. The zero-order valence-corrected chi connectivity index (χ0v) is 7.98. The van der Waals surface area contributed by atoms with Gasteiger partial charge in [-0.05, 0) is 6.42 Å². The van der Waals surface area contributed by atoms with Gasteiger partial charge in [-0.25, -0.2) is 0 Å². The van der Waals surface area contributed by atoms with Gasteiger partial charge in [-0.1, -0.05) is 6.92 Å². The molecule has 3 atom stereocenters. The van der Waals surface area contributed by atoms with Crippen LogP contribution in [0.2, 0.25) is 0 Å². The topological polar surface area (TPSA) is 58.9 Å². The Kier molecular flexibility index (Phi) is 4.66. The predicted molar refractivity (Wildman–Crippen MR) is 47.2 cm³/mol. The van der Waals surface area contributed by atoms with Crippen LogP contribution in [0.1, 0.15) is 26.2 Å². The smallest absolute Gasteiger partial charge is 0.160 e. The molecule has 78 valence electrons. The molecule has 1 aliphatic rings. The maximum atomic E-state index is 9.41. The third-order valence-electron chi connectivity index (χ3n) is 2.06. The molecule has 1 saturated heterocycles. The molecule has 2 N–H and O–H groups in total. The van der Waals surface area contributed by atoms with E-state index in [2.05, 4.69) is 0 Å². The van der Waals surface area contributed by atoms with Gasteiger partial charge in [0.15, 0.2) is 6.29 Å². The standard InChI is InChI=1S/C9H18O4/c1-2-3-12-9-5-7(11)4-8(6-10)13-9/h7-11H,2-6H2,1H3. The monoisotopic (exact) mass is 190 g/mol. The number of aliphatic hydroxyl groups excluding tert-OH is 2. The third-order valence-corrected chi connectivity index (χ3v) is 2.06. The fourth-order valence-corrected chi connectivity index (χ4v) is 1.42. The Morgan fingerprint density at radius 3 is 2.85 bits per heavy atom. The van der Waals surface area contributed by atoms with Gasteiger partial charge >= 0.3 is 0 Å². The van der Waals surface area contributed by atoms with E-state index in [0.717, 1.165) is 6.42 Å². The number of hydrogen-bond acceptors (Lipinski definition) is 4. The van der Waals surface area contributed by atoms with Crippen molar-refractivity contribution in [2.45, 2.75) is 44.7 Å². The second-order valence-corrected chi connectivity index (χ2v) is 3.37. The lowest BCUT2D eigenvalue weighted by Crippen LogP contribution is -2.38. The van der Waals surface area contributed by atoms with Gasteiger partial charge in [0, 0.05) is 19.4 Å². The lowest BCUT2D eigenvalue weighted by atomic mass is 10.1. The van der Waals surface area contributed by atoms with Crippen LogP contribution in [0.3, 0.4) is 0 Å². The Hall–Kier alpha value is -0.160. The van der Waals surface area contributed by atoms with Crippen LogP contribution in [0.15, 0.2) is 0 Å². The summed E-state index contributed by atoms with van der Waals surface area (Å²) in [6.07, 6.45) is 0.915. The molecule has 1 heterocycles. The van der Waals surface area contributed by atoms with E-state index in [1.807, 2.05) is 6.92 Å². The summed E-state index contributed by atoms with van der Waals surface area (Å²) in [4.78, 5) is 0. The number of hydrogen-bond donors (Lipinski definition) is 2. The minimum atomic E-state index is -0.409. The summed E-state index contributed by atoms with van der Waals surface area (Å²) in [6, 6.07) is 0. The van der Waals surface area contributed by atoms with Gasteiger partial charge in [-0.15, -0.1) is 0 Å². The number of aliphatic hydroxyl groups is 2. The third kappa shape index (κ3) is 3.60. The van der Waals surface area contributed by atoms with Crippen molar-refractivity contribution in [3.63, 3.8) is 0 Å². The van der Waals surface area contributed by atoms with E-state index in [9.17, 15) is 5.11 Å². The first kappa shape index (κ1) is 10.9. The van der Waals surface area contributed by atoms with Gasteiger partial charge in [0.05, 0.1) is 18.8 Å². The number of rotatable bonds is 4. The summed E-state index contributed by atoms with van der Waals surface area (Å²) in [5, 5.41) is 18.3. The summed E-state index contributed by atoms with van der Waals surface area (Å²) in [7, 11) is 0. The van der Waals surface area contributed by atoms with Crippen LogP contribution in [0, 0.1) is 0 Å². The van der Waals surface area contributed by atoms with Crippen LogP contribution in [-0.4, -0.2) is 41.9 Å². The first-order valence-electron chi connectivity index (χ1n) is 4.82. The molecule has 0 amide bonds. The molecule has 1 aliphatic heterocycles. The van der Waals surface area contributed by atoms with Crippen molar-refractivity contribution in [2.24, 2.45) is 0 Å². The van der Waals surface area contributed by atoms with Crippen LogP contribution < -0.4 is 0 Å². The van der Waals surface area contributed by atoms with Crippen LogP contribution >= 0.6 is 0 Å². The lowest BCUT2D eigenvalue weighted by Gasteiger charge is -2.31. The van der Waals surface area contributed by atoms with E-state index in [-0.39, 0.29) is 19.0 Å². The van der Waals surface area contributed by atoms with Crippen LogP contribution in [-0.2, 0) is 9.47 Å². The minimum Gasteiger partial charge on any atom is -0.394 e. The fourth-order valence-electron chi connectivity index (χ4n) is 1.42. The lowest BCUT2D eigenvalue weighted by molar-refractivity contribution is -0.221. The Labute approximate surface area is 78.5 Å². The first-order valence-corrected chi connectivity index (χ1v) is 4.82. The average molecular weight is 190 g/mol. The highest BCUT2D eigenvalue weighted by atomic mass is 16.7. The summed E-state index contributed by atoms with van der Waals surface area (Å²) in [5.41, 5.74) is 0. The molecule has 1 fully saturated rings. The molecule has 0 bridgehead atoms. The molecule has 13 heavy (non-hydrogen) atoms. The largest absolute Gasteiger partial charge is 0.394 e. The van der Waals surface area contributed by atoms with Crippen molar-refractivity contribution >= 4 is 0 Å². The maximum absolute atomic E-state index is 9.41. The van der Waals surface area contributed by atoms with Crippen LogP contribution in [0.4, 0.5) is 0 Å². The Morgan fingerprint density at radius 1 is 1.46 bits per heavy atom. The molecule has 0 aromatic carbocycles. The zero-order chi connectivity index (χ0) is 9.68. The van der Waals surface area contributed by atoms with Crippen molar-refractivity contribution < 1.29 is 19.7 Å².